The first-order valence-electron chi connectivity index (χ1n) is 5.45. The van der Waals surface area contributed by atoms with E-state index in [2.05, 4.69) is 17.3 Å². The van der Waals surface area contributed by atoms with Crippen LogP contribution in [0.4, 0.5) is 4.79 Å². The number of hydrogen-bond acceptors (Lipinski definition) is 4. The van der Waals surface area contributed by atoms with Gasteiger partial charge in [-0.1, -0.05) is 6.42 Å². The maximum atomic E-state index is 11.1. The van der Waals surface area contributed by atoms with Gasteiger partial charge in [-0.05, 0) is 26.4 Å². The summed E-state index contributed by atoms with van der Waals surface area (Å²) in [6.07, 6.45) is 3.14. The zero-order chi connectivity index (χ0) is 11.1. The molecular weight excluding hydrogens is 196 g/mol. The van der Waals surface area contributed by atoms with E-state index in [1.165, 1.54) is 12.8 Å². The van der Waals surface area contributed by atoms with E-state index < -0.39 is 6.09 Å². The number of nitrogens with zero attached hydrogens (tertiary/aromatic N) is 1. The molecule has 5 heteroatoms. The number of ether oxygens (including phenoxy) is 1. The Morgan fingerprint density at radius 2 is 2.40 bits per heavy atom. The molecule has 0 bridgehead atoms. The lowest BCUT2D eigenvalue weighted by atomic mass is 10.0. The summed E-state index contributed by atoms with van der Waals surface area (Å²) in [5.41, 5.74) is 0. The van der Waals surface area contributed by atoms with Crippen LogP contribution in [-0.2, 0) is 4.74 Å². The topological polar surface area (TPSA) is 61.8 Å². The first-order valence-corrected chi connectivity index (χ1v) is 5.45. The summed E-state index contributed by atoms with van der Waals surface area (Å²) in [7, 11) is 2.07. The van der Waals surface area contributed by atoms with Gasteiger partial charge < -0.3 is 20.1 Å². The monoisotopic (exact) mass is 216 g/mol. The van der Waals surface area contributed by atoms with Crippen molar-refractivity contribution < 1.29 is 14.6 Å². The van der Waals surface area contributed by atoms with Crippen molar-refractivity contribution in [1.82, 2.24) is 10.2 Å². The summed E-state index contributed by atoms with van der Waals surface area (Å²) >= 11 is 0. The third kappa shape index (κ3) is 4.48. The number of aliphatic hydroxyl groups is 1. The molecular formula is C10H20N2O3. The number of nitrogens with one attached hydrogen (secondary N) is 1. The lowest BCUT2D eigenvalue weighted by molar-refractivity contribution is 0.113. The summed E-state index contributed by atoms with van der Waals surface area (Å²) in [5.74, 6) is 0. The average Bonchev–Trinajstić information content (AvgIpc) is 2.25. The molecule has 1 unspecified atom stereocenters. The van der Waals surface area contributed by atoms with Gasteiger partial charge in [-0.2, -0.15) is 0 Å². The van der Waals surface area contributed by atoms with Crippen LogP contribution in [0.25, 0.3) is 0 Å². The number of piperidine rings is 1. The summed E-state index contributed by atoms with van der Waals surface area (Å²) in [6, 6.07) is 0.417. The summed E-state index contributed by atoms with van der Waals surface area (Å²) in [4.78, 5) is 13.3. The highest BCUT2D eigenvalue weighted by atomic mass is 16.6. The number of likely N-dealkylation sites (tertiary alicyclic amines) is 1. The van der Waals surface area contributed by atoms with Gasteiger partial charge in [-0.25, -0.2) is 4.79 Å². The lowest BCUT2D eigenvalue weighted by Crippen LogP contribution is -2.44. The molecule has 88 valence electrons. The van der Waals surface area contributed by atoms with E-state index in [0.29, 0.717) is 12.6 Å². The second kappa shape index (κ2) is 6.63. The van der Waals surface area contributed by atoms with Crippen LogP contribution in [0.15, 0.2) is 0 Å². The van der Waals surface area contributed by atoms with Crippen LogP contribution in [0, 0.1) is 0 Å². The SMILES string of the molecule is CN1CCCCC1CNC(=O)OCCO. The maximum Gasteiger partial charge on any atom is 0.407 e. The second-order valence-corrected chi connectivity index (χ2v) is 3.87. The molecule has 5 nitrogen and oxygen atoms in total. The summed E-state index contributed by atoms with van der Waals surface area (Å²) < 4.78 is 4.70. The van der Waals surface area contributed by atoms with E-state index >= 15 is 0 Å². The average molecular weight is 216 g/mol. The fraction of sp³-hybridized carbons (Fsp3) is 0.900. The Bertz CT molecular complexity index is 199. The minimum atomic E-state index is -0.442. The predicted molar refractivity (Wildman–Crippen MR) is 56.7 cm³/mol. The molecule has 0 aliphatic carbocycles. The van der Waals surface area contributed by atoms with Gasteiger partial charge in [0.2, 0.25) is 0 Å². The number of carbonyl (C=O) groups excluding carboxylic acids is 1. The molecule has 1 atom stereocenters. The van der Waals surface area contributed by atoms with Crippen molar-refractivity contribution in [2.75, 3.05) is 33.4 Å². The van der Waals surface area contributed by atoms with Crippen LogP contribution in [0.2, 0.25) is 0 Å². The molecule has 0 radical (unpaired) electrons. The number of alkyl carbamates (subject to hydrolysis) is 1. The Kier molecular flexibility index (Phi) is 5.42. The van der Waals surface area contributed by atoms with Gasteiger partial charge >= 0.3 is 6.09 Å². The van der Waals surface area contributed by atoms with Crippen molar-refractivity contribution in [3.05, 3.63) is 0 Å². The predicted octanol–water partition coefficient (Wildman–Crippen LogP) is 0.189. The van der Waals surface area contributed by atoms with Gasteiger partial charge in [0.15, 0.2) is 0 Å². The van der Waals surface area contributed by atoms with Gasteiger partial charge in [0, 0.05) is 12.6 Å². The van der Waals surface area contributed by atoms with Crippen molar-refractivity contribution in [1.29, 1.82) is 0 Å². The Morgan fingerprint density at radius 3 is 3.07 bits per heavy atom. The fourth-order valence-corrected chi connectivity index (χ4v) is 1.79. The largest absolute Gasteiger partial charge is 0.447 e. The molecule has 0 aromatic carbocycles. The van der Waals surface area contributed by atoms with E-state index in [4.69, 9.17) is 9.84 Å². The third-order valence-electron chi connectivity index (χ3n) is 2.73. The highest BCUT2D eigenvalue weighted by molar-refractivity contribution is 5.67. The quantitative estimate of drug-likeness (QED) is 0.704. The third-order valence-corrected chi connectivity index (χ3v) is 2.73. The minimum absolute atomic E-state index is 0.0618. The number of amides is 1. The van der Waals surface area contributed by atoms with E-state index in [9.17, 15) is 4.79 Å². The Labute approximate surface area is 90.4 Å². The molecule has 1 aliphatic rings. The number of hydrogen-bond donors (Lipinski definition) is 2. The van der Waals surface area contributed by atoms with Gasteiger partial charge in [0.05, 0.1) is 6.61 Å². The van der Waals surface area contributed by atoms with Crippen molar-refractivity contribution in [3.8, 4) is 0 Å². The molecule has 2 N–H and O–H groups in total. The zero-order valence-electron chi connectivity index (χ0n) is 9.24. The molecule has 1 aliphatic heterocycles. The standard InChI is InChI=1S/C10H20N2O3/c1-12-5-3-2-4-9(12)8-11-10(14)15-7-6-13/h9,13H,2-8H2,1H3,(H,11,14). The number of aliphatic hydroxyl groups excluding tert-OH is 1. The molecule has 1 rings (SSSR count). The van der Waals surface area contributed by atoms with E-state index in [1.54, 1.807) is 0 Å². The maximum absolute atomic E-state index is 11.1. The number of likely N-dealkylation sites (N-methyl/N-ethyl adjacent to an activating group) is 1. The van der Waals surface area contributed by atoms with Crippen LogP contribution in [0.1, 0.15) is 19.3 Å². The molecule has 0 aromatic rings. The van der Waals surface area contributed by atoms with Crippen molar-refractivity contribution in [3.63, 3.8) is 0 Å². The van der Waals surface area contributed by atoms with Crippen LogP contribution >= 0.6 is 0 Å². The summed E-state index contributed by atoms with van der Waals surface area (Å²) in [6.45, 7) is 1.65. The first-order chi connectivity index (χ1) is 7.24. The molecule has 15 heavy (non-hydrogen) atoms. The van der Waals surface area contributed by atoms with Crippen molar-refractivity contribution in [2.45, 2.75) is 25.3 Å². The molecule has 0 spiro atoms. The smallest absolute Gasteiger partial charge is 0.407 e. The molecule has 1 heterocycles. The Balaban J connectivity index is 2.14. The van der Waals surface area contributed by atoms with Crippen LogP contribution in [0.5, 0.6) is 0 Å². The van der Waals surface area contributed by atoms with Crippen molar-refractivity contribution >= 4 is 6.09 Å². The first kappa shape index (κ1) is 12.3. The number of rotatable bonds is 4. The highest BCUT2D eigenvalue weighted by Crippen LogP contribution is 2.13. The van der Waals surface area contributed by atoms with Gasteiger partial charge in [0.25, 0.3) is 0 Å². The molecule has 1 fully saturated rings. The molecule has 0 aromatic heterocycles. The summed E-state index contributed by atoms with van der Waals surface area (Å²) in [5, 5.41) is 11.2. The van der Waals surface area contributed by atoms with Crippen molar-refractivity contribution in [2.24, 2.45) is 0 Å². The van der Waals surface area contributed by atoms with Crippen LogP contribution in [-0.4, -0.2) is 55.5 Å². The van der Waals surface area contributed by atoms with Gasteiger partial charge in [-0.3, -0.25) is 0 Å². The Morgan fingerprint density at radius 1 is 1.60 bits per heavy atom. The lowest BCUT2D eigenvalue weighted by Gasteiger charge is -2.32. The molecule has 0 saturated carbocycles. The minimum Gasteiger partial charge on any atom is -0.447 e. The second-order valence-electron chi connectivity index (χ2n) is 3.87. The van der Waals surface area contributed by atoms with Gasteiger partial charge in [0.1, 0.15) is 6.61 Å². The number of carbonyl (C=O) groups is 1. The fourth-order valence-electron chi connectivity index (χ4n) is 1.79. The van der Waals surface area contributed by atoms with E-state index in [0.717, 1.165) is 13.0 Å². The molecule has 1 saturated heterocycles. The zero-order valence-corrected chi connectivity index (χ0v) is 9.24. The van der Waals surface area contributed by atoms with Gasteiger partial charge in [-0.15, -0.1) is 0 Å². The van der Waals surface area contributed by atoms with Crippen LogP contribution in [0.3, 0.4) is 0 Å². The highest BCUT2D eigenvalue weighted by Gasteiger charge is 2.19. The van der Waals surface area contributed by atoms with E-state index in [1.807, 2.05) is 0 Å². The normalized spacial score (nSPS) is 22.4. The van der Waals surface area contributed by atoms with Crippen LogP contribution < -0.4 is 5.32 Å². The molecule has 1 amide bonds. The Hall–Kier alpha value is -0.810. The van der Waals surface area contributed by atoms with E-state index in [-0.39, 0.29) is 13.2 Å².